The fraction of sp³-hybridized carbons (Fsp3) is 0.559. The van der Waals surface area contributed by atoms with Crippen LogP contribution < -0.4 is 15.4 Å². The van der Waals surface area contributed by atoms with E-state index in [4.69, 9.17) is 9.47 Å². The Balaban J connectivity index is 1.88. The second-order valence-corrected chi connectivity index (χ2v) is 12.5. The molecule has 0 saturated carbocycles. The summed E-state index contributed by atoms with van der Waals surface area (Å²) in [5.41, 5.74) is 2.00. The van der Waals surface area contributed by atoms with Crippen LogP contribution in [-0.2, 0) is 11.3 Å². The number of rotatable bonds is 9. The summed E-state index contributed by atoms with van der Waals surface area (Å²) in [6.07, 6.45) is 2.16. The van der Waals surface area contributed by atoms with Gasteiger partial charge < -0.3 is 35.2 Å². The van der Waals surface area contributed by atoms with Crippen molar-refractivity contribution in [3.63, 3.8) is 0 Å². The summed E-state index contributed by atoms with van der Waals surface area (Å²) in [4.78, 5) is 41.7. The van der Waals surface area contributed by atoms with Crippen LogP contribution in [0.2, 0.25) is 0 Å². The first-order chi connectivity index (χ1) is 21.4. The average Bonchev–Trinajstić information content (AvgIpc) is 2.98. The van der Waals surface area contributed by atoms with Gasteiger partial charge in [0.15, 0.2) is 0 Å². The van der Waals surface area contributed by atoms with Gasteiger partial charge in [-0.2, -0.15) is 0 Å². The number of anilines is 1. The molecule has 0 saturated heterocycles. The molecule has 4 atom stereocenters. The molecule has 3 rings (SSSR count). The predicted molar refractivity (Wildman–Crippen MR) is 174 cm³/mol. The van der Waals surface area contributed by atoms with Gasteiger partial charge in [-0.25, -0.2) is 9.59 Å². The van der Waals surface area contributed by atoms with E-state index < -0.39 is 12.0 Å². The number of carbonyl (C=O) groups excluding carboxylic acids is 2. The van der Waals surface area contributed by atoms with E-state index in [2.05, 4.69) is 15.5 Å². The monoisotopic (exact) mass is 626 g/mol. The quantitative estimate of drug-likeness (QED) is 0.310. The Kier molecular flexibility index (Phi) is 13.6. The van der Waals surface area contributed by atoms with Crippen LogP contribution >= 0.6 is 0 Å². The Bertz CT molecular complexity index is 1270. The van der Waals surface area contributed by atoms with Gasteiger partial charge in [0.2, 0.25) is 0 Å². The second kappa shape index (κ2) is 17.1. The van der Waals surface area contributed by atoms with Crippen LogP contribution in [0.1, 0.15) is 80.2 Å². The number of carbonyl (C=O) groups is 3. The number of fused-ring (bicyclic) bond motifs is 1. The molecule has 1 heterocycles. The highest BCUT2D eigenvalue weighted by atomic mass is 16.5. The zero-order valence-electron chi connectivity index (χ0n) is 27.4. The number of carboxylic acids is 1. The lowest BCUT2D eigenvalue weighted by molar-refractivity contribution is -0.0177. The lowest BCUT2D eigenvalue weighted by Gasteiger charge is -2.36. The van der Waals surface area contributed by atoms with Crippen molar-refractivity contribution in [3.8, 4) is 5.75 Å². The van der Waals surface area contributed by atoms with Crippen LogP contribution in [0.4, 0.5) is 10.5 Å². The van der Waals surface area contributed by atoms with Crippen molar-refractivity contribution >= 4 is 23.6 Å². The van der Waals surface area contributed by atoms with E-state index in [1.165, 1.54) is 0 Å². The maximum absolute atomic E-state index is 14.2. The van der Waals surface area contributed by atoms with Crippen molar-refractivity contribution in [1.29, 1.82) is 0 Å². The van der Waals surface area contributed by atoms with Gasteiger partial charge in [-0.3, -0.25) is 9.69 Å². The first-order valence-electron chi connectivity index (χ1n) is 15.8. The number of aliphatic hydroxyl groups excluding tert-OH is 1. The third kappa shape index (κ3) is 11.0. The van der Waals surface area contributed by atoms with E-state index in [0.29, 0.717) is 43.2 Å². The van der Waals surface area contributed by atoms with Gasteiger partial charge in [0.25, 0.3) is 5.91 Å². The second-order valence-electron chi connectivity index (χ2n) is 12.5. The molecule has 248 valence electrons. The standard InChI is InChI=1S/C34H50N4O7/c1-22(2)35-34(43)36-28-14-15-30-29(17-28)32(40)38(24(4)21-39)18-23(3)31(44-16-8-7-9-25(5)45-30)20-37(6)19-26-10-12-27(13-11-26)33(41)42/h10-15,17,22-25,31,39H,7-9,16,18-21H2,1-6H3,(H,41,42)(H2,35,36,43)/t23-,24+,25+,31-/m1/s1. The summed E-state index contributed by atoms with van der Waals surface area (Å²) in [6.45, 7) is 11.4. The normalized spacial score (nSPS) is 20.6. The van der Waals surface area contributed by atoms with Crippen LogP contribution in [0, 0.1) is 5.92 Å². The number of amides is 3. The maximum Gasteiger partial charge on any atom is 0.335 e. The van der Waals surface area contributed by atoms with E-state index in [0.717, 1.165) is 24.8 Å². The molecule has 11 nitrogen and oxygen atoms in total. The van der Waals surface area contributed by atoms with Crippen molar-refractivity contribution in [3.05, 3.63) is 59.2 Å². The summed E-state index contributed by atoms with van der Waals surface area (Å²) in [7, 11) is 1.99. The molecule has 0 aliphatic carbocycles. The lowest BCUT2D eigenvalue weighted by Crippen LogP contribution is -2.47. The van der Waals surface area contributed by atoms with E-state index in [1.807, 2.05) is 46.9 Å². The molecular formula is C34H50N4O7. The molecule has 11 heteroatoms. The third-order valence-corrected chi connectivity index (χ3v) is 7.87. The molecule has 0 aromatic heterocycles. The Morgan fingerprint density at radius 3 is 2.44 bits per heavy atom. The largest absolute Gasteiger partial charge is 0.490 e. The summed E-state index contributed by atoms with van der Waals surface area (Å²) < 4.78 is 12.7. The summed E-state index contributed by atoms with van der Waals surface area (Å²) in [5, 5.41) is 25.0. The first-order valence-corrected chi connectivity index (χ1v) is 15.8. The molecule has 1 aliphatic heterocycles. The number of aliphatic hydroxyl groups is 1. The average molecular weight is 627 g/mol. The smallest absolute Gasteiger partial charge is 0.335 e. The summed E-state index contributed by atoms with van der Waals surface area (Å²) >= 11 is 0. The molecule has 3 amide bonds. The fourth-order valence-corrected chi connectivity index (χ4v) is 5.33. The van der Waals surface area contributed by atoms with Gasteiger partial charge in [0.1, 0.15) is 5.75 Å². The minimum absolute atomic E-state index is 0.0535. The number of benzene rings is 2. The number of hydrogen-bond donors (Lipinski definition) is 4. The first kappa shape index (κ1) is 35.8. The third-order valence-electron chi connectivity index (χ3n) is 7.87. The number of hydrogen-bond acceptors (Lipinski definition) is 7. The van der Waals surface area contributed by atoms with Crippen LogP contribution in [0.3, 0.4) is 0 Å². The zero-order chi connectivity index (χ0) is 33.1. The van der Waals surface area contributed by atoms with E-state index in [-0.39, 0.29) is 48.3 Å². The lowest BCUT2D eigenvalue weighted by atomic mass is 10.0. The molecule has 45 heavy (non-hydrogen) atoms. The Morgan fingerprint density at radius 2 is 1.80 bits per heavy atom. The molecule has 0 bridgehead atoms. The van der Waals surface area contributed by atoms with E-state index in [9.17, 15) is 24.6 Å². The van der Waals surface area contributed by atoms with Crippen molar-refractivity contribution in [2.75, 3.05) is 38.7 Å². The van der Waals surface area contributed by atoms with Gasteiger partial charge in [0, 0.05) is 43.9 Å². The van der Waals surface area contributed by atoms with Gasteiger partial charge >= 0.3 is 12.0 Å². The number of nitrogens with zero attached hydrogens (tertiary/aromatic N) is 2. The highest BCUT2D eigenvalue weighted by Gasteiger charge is 2.30. The summed E-state index contributed by atoms with van der Waals surface area (Å²) in [5.74, 6) is -0.922. The maximum atomic E-state index is 14.2. The highest BCUT2D eigenvalue weighted by molar-refractivity contribution is 5.99. The highest BCUT2D eigenvalue weighted by Crippen LogP contribution is 2.28. The molecule has 2 aromatic carbocycles. The van der Waals surface area contributed by atoms with Crippen molar-refractivity contribution in [2.24, 2.45) is 5.92 Å². The van der Waals surface area contributed by atoms with Gasteiger partial charge in [0.05, 0.1) is 36.0 Å². The molecule has 0 fully saturated rings. The van der Waals surface area contributed by atoms with E-state index >= 15 is 0 Å². The van der Waals surface area contributed by atoms with Crippen molar-refractivity contribution in [1.82, 2.24) is 15.1 Å². The molecule has 0 radical (unpaired) electrons. The minimum atomic E-state index is -0.958. The van der Waals surface area contributed by atoms with E-state index in [1.54, 1.807) is 42.2 Å². The fourth-order valence-electron chi connectivity index (χ4n) is 5.33. The zero-order valence-corrected chi connectivity index (χ0v) is 27.4. The van der Waals surface area contributed by atoms with Crippen molar-refractivity contribution in [2.45, 2.75) is 84.7 Å². The van der Waals surface area contributed by atoms with Crippen molar-refractivity contribution < 1.29 is 34.1 Å². The van der Waals surface area contributed by atoms with Gasteiger partial charge in [-0.05, 0) is 89.9 Å². The minimum Gasteiger partial charge on any atom is -0.490 e. The molecule has 4 N–H and O–H groups in total. The number of aromatic carboxylic acids is 1. The Hall–Kier alpha value is -3.67. The SMILES string of the molecule is CC(C)NC(=O)Nc1ccc2c(c1)C(=O)N([C@@H](C)CO)C[C@@H](C)[C@@H](CN(C)Cc1ccc(C(=O)O)cc1)OCCCC[C@H](C)O2. The van der Waals surface area contributed by atoms with Crippen LogP contribution in [0.15, 0.2) is 42.5 Å². The number of nitrogens with one attached hydrogen (secondary N) is 2. The molecule has 0 spiro atoms. The van der Waals surface area contributed by atoms with Gasteiger partial charge in [-0.15, -0.1) is 0 Å². The van der Waals surface area contributed by atoms with Crippen LogP contribution in [0.25, 0.3) is 0 Å². The number of likely N-dealkylation sites (N-methyl/N-ethyl adjacent to an activating group) is 1. The van der Waals surface area contributed by atoms with Crippen LogP contribution in [0.5, 0.6) is 5.75 Å². The molecule has 0 unspecified atom stereocenters. The Morgan fingerprint density at radius 1 is 1.09 bits per heavy atom. The number of carboxylic acid groups (broad SMARTS) is 1. The summed E-state index contributed by atoms with van der Waals surface area (Å²) in [6, 6.07) is 11.0. The van der Waals surface area contributed by atoms with Gasteiger partial charge in [-0.1, -0.05) is 19.1 Å². The number of ether oxygens (including phenoxy) is 2. The molecular weight excluding hydrogens is 576 g/mol. The predicted octanol–water partition coefficient (Wildman–Crippen LogP) is 4.84. The number of urea groups is 1. The molecule has 2 aromatic rings. The Labute approximate surface area is 266 Å². The molecule has 1 aliphatic rings. The van der Waals surface area contributed by atoms with Crippen LogP contribution in [-0.4, -0.2) is 95.6 Å². The topological polar surface area (TPSA) is 141 Å².